The topological polar surface area (TPSA) is 41.0 Å². The first-order valence-corrected chi connectivity index (χ1v) is 7.39. The molecule has 0 atom stereocenters. The number of hydrogen-bond donors (Lipinski definition) is 1. The molecule has 4 rings (SSSR count). The zero-order valence-corrected chi connectivity index (χ0v) is 12.3. The summed E-state index contributed by atoms with van der Waals surface area (Å²) in [6.07, 6.45) is 2.02. The van der Waals surface area contributed by atoms with Gasteiger partial charge in [0, 0.05) is 12.1 Å². The van der Waals surface area contributed by atoms with Crippen molar-refractivity contribution in [1.82, 2.24) is 9.97 Å². The van der Waals surface area contributed by atoms with E-state index in [1.54, 1.807) is 0 Å². The number of aryl methyl sites for hydroxylation is 1. The number of hydrogen-bond acceptors (Lipinski definition) is 2. The van der Waals surface area contributed by atoms with Crippen molar-refractivity contribution in [2.24, 2.45) is 4.99 Å². The zero-order valence-electron chi connectivity index (χ0n) is 12.3. The first-order chi connectivity index (χ1) is 10.2. The molecule has 0 saturated heterocycles. The van der Waals surface area contributed by atoms with Gasteiger partial charge < -0.3 is 4.98 Å². The van der Waals surface area contributed by atoms with E-state index in [0.29, 0.717) is 0 Å². The number of benzene rings is 2. The fourth-order valence-corrected chi connectivity index (χ4v) is 2.97. The number of imidazole rings is 1. The molecule has 0 bridgehead atoms. The van der Waals surface area contributed by atoms with Crippen molar-refractivity contribution in [3.63, 3.8) is 0 Å². The van der Waals surface area contributed by atoms with Crippen LogP contribution in [0.2, 0.25) is 0 Å². The third-order valence-corrected chi connectivity index (χ3v) is 4.09. The molecule has 104 valence electrons. The predicted molar refractivity (Wildman–Crippen MR) is 87.4 cm³/mol. The number of aromatic amines is 1. The molecule has 1 aromatic heterocycles. The Balaban J connectivity index is 1.77. The second kappa shape index (κ2) is 4.55. The molecule has 0 aliphatic carbocycles. The Bertz CT molecular complexity index is 871. The Labute approximate surface area is 123 Å². The van der Waals surface area contributed by atoms with E-state index in [0.717, 1.165) is 35.4 Å². The van der Waals surface area contributed by atoms with Crippen molar-refractivity contribution >= 4 is 22.4 Å². The summed E-state index contributed by atoms with van der Waals surface area (Å²) in [5.74, 6) is 0.956. The van der Waals surface area contributed by atoms with Crippen LogP contribution < -0.4 is 0 Å². The summed E-state index contributed by atoms with van der Waals surface area (Å²) in [7, 11) is 0. The van der Waals surface area contributed by atoms with Crippen molar-refractivity contribution < 1.29 is 0 Å². The lowest BCUT2D eigenvalue weighted by Crippen LogP contribution is -1.94. The van der Waals surface area contributed by atoms with Crippen LogP contribution in [0.5, 0.6) is 0 Å². The number of H-pyrrole nitrogens is 1. The van der Waals surface area contributed by atoms with E-state index in [-0.39, 0.29) is 0 Å². The molecule has 0 radical (unpaired) electrons. The van der Waals surface area contributed by atoms with Gasteiger partial charge in [-0.25, -0.2) is 4.98 Å². The van der Waals surface area contributed by atoms with Crippen LogP contribution in [-0.4, -0.2) is 15.7 Å². The van der Waals surface area contributed by atoms with Crippen molar-refractivity contribution in [3.05, 3.63) is 47.8 Å². The highest BCUT2D eigenvalue weighted by Crippen LogP contribution is 2.32. The monoisotopic (exact) mass is 275 g/mol. The quantitative estimate of drug-likeness (QED) is 0.731. The number of rotatable bonds is 2. The molecule has 0 unspecified atom stereocenters. The highest BCUT2D eigenvalue weighted by molar-refractivity contribution is 5.94. The van der Waals surface area contributed by atoms with Gasteiger partial charge in [0.2, 0.25) is 0 Å². The molecule has 3 heteroatoms. The number of nitrogens with one attached hydrogen (secondary N) is 1. The molecule has 1 N–H and O–H groups in total. The Morgan fingerprint density at radius 2 is 1.90 bits per heavy atom. The fraction of sp³-hybridized carbons (Fsp3) is 0.222. The molecule has 0 saturated carbocycles. The number of aromatic nitrogens is 2. The van der Waals surface area contributed by atoms with Gasteiger partial charge in [0.05, 0.1) is 16.7 Å². The summed E-state index contributed by atoms with van der Waals surface area (Å²) in [5.41, 5.74) is 8.33. The highest BCUT2D eigenvalue weighted by Gasteiger charge is 2.14. The third-order valence-electron chi connectivity index (χ3n) is 4.09. The van der Waals surface area contributed by atoms with Gasteiger partial charge in [-0.15, -0.1) is 0 Å². The smallest absolute Gasteiger partial charge is 0.104 e. The zero-order chi connectivity index (χ0) is 14.4. The van der Waals surface area contributed by atoms with Crippen molar-refractivity contribution in [1.29, 1.82) is 0 Å². The van der Waals surface area contributed by atoms with E-state index in [2.05, 4.69) is 58.3 Å². The van der Waals surface area contributed by atoms with E-state index in [4.69, 9.17) is 0 Å². The first kappa shape index (κ1) is 12.3. The molecule has 0 fully saturated rings. The summed E-state index contributed by atoms with van der Waals surface area (Å²) in [6.45, 7) is 4.15. The van der Waals surface area contributed by atoms with Crippen LogP contribution in [0, 0.1) is 6.92 Å². The molecule has 21 heavy (non-hydrogen) atoms. The van der Waals surface area contributed by atoms with E-state index in [9.17, 15) is 0 Å². The van der Waals surface area contributed by atoms with Gasteiger partial charge in [0.25, 0.3) is 0 Å². The van der Waals surface area contributed by atoms with Crippen molar-refractivity contribution in [2.75, 3.05) is 0 Å². The van der Waals surface area contributed by atoms with Crippen molar-refractivity contribution in [3.8, 4) is 11.1 Å². The lowest BCUT2D eigenvalue weighted by Gasteiger charge is -2.04. The fourth-order valence-electron chi connectivity index (χ4n) is 2.97. The lowest BCUT2D eigenvalue weighted by atomic mass is 10.00. The maximum Gasteiger partial charge on any atom is 0.104 e. The Hall–Kier alpha value is -2.42. The minimum atomic E-state index is 0.956. The molecular weight excluding hydrogens is 258 g/mol. The van der Waals surface area contributed by atoms with Gasteiger partial charge >= 0.3 is 0 Å². The van der Waals surface area contributed by atoms with Crippen molar-refractivity contribution in [2.45, 2.75) is 26.7 Å². The maximum atomic E-state index is 4.66. The average Bonchev–Trinajstić information content (AvgIpc) is 3.06. The van der Waals surface area contributed by atoms with Gasteiger partial charge in [-0.3, -0.25) is 4.99 Å². The standard InChI is InChI=1S/C18H17N3/c1-3-15-9-14-8-12(4-6-16(14)21-15)13-5-7-17-18(10-13)20-11(2)19-17/h4-8,10H,3,9H2,1-2H3,(H,19,20). The number of fused-ring (bicyclic) bond motifs is 2. The van der Waals surface area contributed by atoms with Crippen LogP contribution >= 0.6 is 0 Å². The lowest BCUT2D eigenvalue weighted by molar-refractivity contribution is 1.17. The van der Waals surface area contributed by atoms with E-state index >= 15 is 0 Å². The number of nitrogens with zero attached hydrogens (tertiary/aromatic N) is 2. The van der Waals surface area contributed by atoms with E-state index in [1.165, 1.54) is 22.4 Å². The second-order valence-electron chi connectivity index (χ2n) is 5.61. The molecule has 1 aliphatic heterocycles. The minimum Gasteiger partial charge on any atom is -0.342 e. The van der Waals surface area contributed by atoms with Gasteiger partial charge in [-0.1, -0.05) is 19.1 Å². The molecular formula is C18H17N3. The number of aliphatic imine (C=N–C) groups is 1. The molecule has 1 aliphatic rings. The molecule has 2 aromatic carbocycles. The highest BCUT2D eigenvalue weighted by atomic mass is 14.9. The summed E-state index contributed by atoms with van der Waals surface area (Å²) in [5, 5.41) is 0. The largest absolute Gasteiger partial charge is 0.342 e. The summed E-state index contributed by atoms with van der Waals surface area (Å²) in [6, 6.07) is 13.0. The van der Waals surface area contributed by atoms with E-state index in [1.807, 2.05) is 6.92 Å². The predicted octanol–water partition coefficient (Wildman–Crippen LogP) is 4.58. The van der Waals surface area contributed by atoms with Crippen LogP contribution in [0.1, 0.15) is 24.7 Å². The van der Waals surface area contributed by atoms with E-state index < -0.39 is 0 Å². The molecule has 3 nitrogen and oxygen atoms in total. The Morgan fingerprint density at radius 1 is 1.10 bits per heavy atom. The van der Waals surface area contributed by atoms with Gasteiger partial charge in [0.1, 0.15) is 5.82 Å². The van der Waals surface area contributed by atoms with Crippen LogP contribution in [0.15, 0.2) is 41.4 Å². The molecule has 0 spiro atoms. The minimum absolute atomic E-state index is 0.956. The molecule has 2 heterocycles. The first-order valence-electron chi connectivity index (χ1n) is 7.39. The SMILES string of the molecule is CCC1=Nc2ccc(-c3ccc4nc(C)[nH]c4c3)cc2C1. The van der Waals surface area contributed by atoms with Crippen LogP contribution in [0.4, 0.5) is 5.69 Å². The Morgan fingerprint density at radius 3 is 2.76 bits per heavy atom. The van der Waals surface area contributed by atoms with Gasteiger partial charge in [-0.05, 0) is 54.3 Å². The molecule has 3 aromatic rings. The maximum absolute atomic E-state index is 4.66. The summed E-state index contributed by atoms with van der Waals surface area (Å²) >= 11 is 0. The van der Waals surface area contributed by atoms with Crippen LogP contribution in [0.3, 0.4) is 0 Å². The second-order valence-corrected chi connectivity index (χ2v) is 5.61. The molecule has 0 amide bonds. The van der Waals surface area contributed by atoms with Crippen LogP contribution in [-0.2, 0) is 6.42 Å². The van der Waals surface area contributed by atoms with Gasteiger partial charge in [-0.2, -0.15) is 0 Å². The normalized spacial score (nSPS) is 13.5. The summed E-state index contributed by atoms with van der Waals surface area (Å²) < 4.78 is 0. The Kier molecular flexibility index (Phi) is 2.67. The third kappa shape index (κ3) is 2.05. The summed E-state index contributed by atoms with van der Waals surface area (Å²) in [4.78, 5) is 12.4. The van der Waals surface area contributed by atoms with Crippen LogP contribution in [0.25, 0.3) is 22.2 Å². The van der Waals surface area contributed by atoms with Gasteiger partial charge in [0.15, 0.2) is 0 Å². The average molecular weight is 275 g/mol.